The Morgan fingerprint density at radius 2 is 0.849 bits per heavy atom. The summed E-state index contributed by atoms with van der Waals surface area (Å²) >= 11 is 0. The van der Waals surface area contributed by atoms with Crippen molar-refractivity contribution in [3.63, 3.8) is 0 Å². The van der Waals surface area contributed by atoms with Crippen molar-refractivity contribution in [2.75, 3.05) is 40.5 Å². The third-order valence-corrected chi connectivity index (χ3v) is 10.9. The van der Waals surface area contributed by atoms with Crippen LogP contribution < -0.4 is 0 Å². The number of esters is 2. The minimum atomic E-state index is -4.35. The van der Waals surface area contributed by atoms with Gasteiger partial charge in [-0.1, -0.05) is 194 Å². The van der Waals surface area contributed by atoms with Crippen LogP contribution in [0.4, 0.5) is 0 Å². The molecule has 0 heterocycles. The molecule has 0 radical (unpaired) electrons. The summed E-state index contributed by atoms with van der Waals surface area (Å²) in [7, 11) is -0.696. The largest absolute Gasteiger partial charge is 0.472 e. The molecule has 0 amide bonds. The number of nitrogens with zero attached hydrogens (tertiary/aromatic N) is 1. The lowest BCUT2D eigenvalue weighted by Gasteiger charge is -2.20. The first-order valence-electron chi connectivity index (χ1n) is 22.3. The molecule has 0 rings (SSSR count). The molecule has 0 aliphatic rings. The van der Waals surface area contributed by atoms with Crippen molar-refractivity contribution in [1.82, 2.24) is 4.90 Å². The molecular weight excluding hydrogens is 689 g/mol. The SMILES string of the molecule is CCCCCCCCCCCCCCCCCC(=O)OCC(COP(=O)(O)OCCN(C)C)OC(=O)CCCCCCCCCCCCCCCCC. The van der Waals surface area contributed by atoms with E-state index in [1.807, 2.05) is 19.0 Å². The Bertz CT molecular complexity index is 858. The minimum absolute atomic E-state index is 0.0126. The monoisotopic (exact) mass is 776 g/mol. The maximum atomic E-state index is 12.6. The molecule has 0 aromatic rings. The summed E-state index contributed by atoms with van der Waals surface area (Å²) in [4.78, 5) is 37.0. The number of ether oxygens (including phenoxy) is 2. The van der Waals surface area contributed by atoms with Crippen LogP contribution in [0.1, 0.15) is 219 Å². The van der Waals surface area contributed by atoms with E-state index in [0.29, 0.717) is 13.0 Å². The quantitative estimate of drug-likeness (QED) is 0.0368. The van der Waals surface area contributed by atoms with Gasteiger partial charge in [-0.2, -0.15) is 0 Å². The van der Waals surface area contributed by atoms with Crippen LogP contribution in [0, 0.1) is 0 Å². The fraction of sp³-hybridized carbons (Fsp3) is 0.953. The molecular formula is C43H86NO8P. The third kappa shape index (κ3) is 40.5. The Labute approximate surface area is 327 Å². The second kappa shape index (κ2) is 39.3. The van der Waals surface area contributed by atoms with Crippen molar-refractivity contribution in [3.8, 4) is 0 Å². The number of unbranched alkanes of at least 4 members (excludes halogenated alkanes) is 28. The molecule has 10 heteroatoms. The van der Waals surface area contributed by atoms with Crippen LogP contribution in [0.5, 0.6) is 0 Å². The zero-order valence-corrected chi connectivity index (χ0v) is 36.1. The molecule has 0 aliphatic heterocycles. The average molecular weight is 776 g/mol. The van der Waals surface area contributed by atoms with E-state index >= 15 is 0 Å². The zero-order valence-electron chi connectivity index (χ0n) is 35.2. The van der Waals surface area contributed by atoms with E-state index in [2.05, 4.69) is 13.8 Å². The summed E-state index contributed by atoms with van der Waals surface area (Å²) in [5.41, 5.74) is 0. The number of likely N-dealkylation sites (N-methyl/N-ethyl adjacent to an activating group) is 1. The van der Waals surface area contributed by atoms with Crippen LogP contribution in [-0.2, 0) is 32.7 Å². The highest BCUT2D eigenvalue weighted by Gasteiger charge is 2.26. The van der Waals surface area contributed by atoms with Gasteiger partial charge < -0.3 is 19.3 Å². The summed E-state index contributed by atoms with van der Waals surface area (Å²) in [5, 5.41) is 0. The molecule has 9 nitrogen and oxygen atoms in total. The molecule has 2 atom stereocenters. The van der Waals surface area contributed by atoms with E-state index in [9.17, 15) is 19.0 Å². The summed E-state index contributed by atoms with van der Waals surface area (Å²) < 4.78 is 33.5. The van der Waals surface area contributed by atoms with Gasteiger partial charge in [-0.3, -0.25) is 18.6 Å². The molecule has 0 bridgehead atoms. The Morgan fingerprint density at radius 1 is 0.509 bits per heavy atom. The smallest absolute Gasteiger partial charge is 0.462 e. The molecule has 0 saturated carbocycles. The Kier molecular flexibility index (Phi) is 38.5. The number of phosphoric acid groups is 1. The van der Waals surface area contributed by atoms with Gasteiger partial charge in [0.1, 0.15) is 6.61 Å². The maximum absolute atomic E-state index is 12.6. The first-order valence-corrected chi connectivity index (χ1v) is 23.8. The number of hydrogen-bond acceptors (Lipinski definition) is 8. The highest BCUT2D eigenvalue weighted by molar-refractivity contribution is 7.47. The molecule has 2 unspecified atom stereocenters. The van der Waals surface area contributed by atoms with Gasteiger partial charge in [-0.25, -0.2) is 4.57 Å². The first-order chi connectivity index (χ1) is 25.7. The molecule has 0 saturated heterocycles. The van der Waals surface area contributed by atoms with Gasteiger partial charge in [-0.05, 0) is 26.9 Å². The predicted octanol–water partition coefficient (Wildman–Crippen LogP) is 12.7. The topological polar surface area (TPSA) is 112 Å². The van der Waals surface area contributed by atoms with Gasteiger partial charge in [0, 0.05) is 19.4 Å². The van der Waals surface area contributed by atoms with E-state index in [4.69, 9.17) is 18.5 Å². The number of carbonyl (C=O) groups excluding carboxylic acids is 2. The third-order valence-electron chi connectivity index (χ3n) is 9.91. The summed E-state index contributed by atoms with van der Waals surface area (Å²) in [6.45, 7) is 4.36. The van der Waals surface area contributed by atoms with Crippen molar-refractivity contribution in [1.29, 1.82) is 0 Å². The van der Waals surface area contributed by atoms with Crippen LogP contribution in [0.15, 0.2) is 0 Å². The lowest BCUT2D eigenvalue weighted by atomic mass is 10.0. The lowest BCUT2D eigenvalue weighted by molar-refractivity contribution is -0.161. The normalized spacial score (nSPS) is 13.3. The van der Waals surface area contributed by atoms with E-state index in [1.54, 1.807) is 0 Å². The van der Waals surface area contributed by atoms with Gasteiger partial charge in [0.25, 0.3) is 0 Å². The minimum Gasteiger partial charge on any atom is -0.462 e. The number of rotatable bonds is 42. The van der Waals surface area contributed by atoms with Crippen LogP contribution >= 0.6 is 7.82 Å². The van der Waals surface area contributed by atoms with E-state index in [-0.39, 0.29) is 25.6 Å². The van der Waals surface area contributed by atoms with Crippen LogP contribution in [-0.4, -0.2) is 68.3 Å². The predicted molar refractivity (Wildman–Crippen MR) is 220 cm³/mol. The van der Waals surface area contributed by atoms with Crippen molar-refractivity contribution in [2.24, 2.45) is 0 Å². The van der Waals surface area contributed by atoms with E-state index < -0.39 is 26.5 Å². The van der Waals surface area contributed by atoms with Gasteiger partial charge in [-0.15, -0.1) is 0 Å². The van der Waals surface area contributed by atoms with E-state index in [1.165, 1.54) is 154 Å². The zero-order chi connectivity index (χ0) is 39.1. The summed E-state index contributed by atoms with van der Waals surface area (Å²) in [5.74, 6) is -0.786. The van der Waals surface area contributed by atoms with Crippen LogP contribution in [0.2, 0.25) is 0 Å². The fourth-order valence-corrected chi connectivity index (χ4v) is 7.20. The second-order valence-corrected chi connectivity index (χ2v) is 17.0. The lowest BCUT2D eigenvalue weighted by Crippen LogP contribution is -2.29. The average Bonchev–Trinajstić information content (AvgIpc) is 3.12. The van der Waals surface area contributed by atoms with Gasteiger partial charge >= 0.3 is 19.8 Å². The number of carbonyl (C=O) groups is 2. The molecule has 0 aromatic heterocycles. The Morgan fingerprint density at radius 3 is 1.21 bits per heavy atom. The van der Waals surface area contributed by atoms with Gasteiger partial charge in [0.05, 0.1) is 13.2 Å². The molecule has 0 spiro atoms. The summed E-state index contributed by atoms with van der Waals surface area (Å²) in [6, 6.07) is 0. The first kappa shape index (κ1) is 52.0. The number of hydrogen-bond donors (Lipinski definition) is 1. The van der Waals surface area contributed by atoms with Crippen LogP contribution in [0.3, 0.4) is 0 Å². The molecule has 316 valence electrons. The highest BCUT2D eigenvalue weighted by Crippen LogP contribution is 2.43. The molecule has 0 aromatic carbocycles. The van der Waals surface area contributed by atoms with Crippen molar-refractivity contribution in [2.45, 2.75) is 225 Å². The van der Waals surface area contributed by atoms with Crippen molar-refractivity contribution in [3.05, 3.63) is 0 Å². The van der Waals surface area contributed by atoms with Gasteiger partial charge in [0.15, 0.2) is 6.10 Å². The van der Waals surface area contributed by atoms with E-state index in [0.717, 1.165) is 38.5 Å². The molecule has 0 aliphatic carbocycles. The maximum Gasteiger partial charge on any atom is 0.472 e. The second-order valence-electron chi connectivity index (χ2n) is 15.6. The van der Waals surface area contributed by atoms with Gasteiger partial charge in [0.2, 0.25) is 0 Å². The highest BCUT2D eigenvalue weighted by atomic mass is 31.2. The Hall–Kier alpha value is -0.990. The number of phosphoric ester groups is 1. The summed E-state index contributed by atoms with van der Waals surface area (Å²) in [6.07, 6.45) is 37.1. The fourth-order valence-electron chi connectivity index (χ4n) is 6.45. The molecule has 0 fully saturated rings. The Balaban J connectivity index is 4.23. The van der Waals surface area contributed by atoms with Crippen LogP contribution in [0.25, 0.3) is 0 Å². The standard InChI is InChI=1S/C43H86NO8P/c1-5-7-9-11-13-15-17-19-21-23-25-27-29-31-33-35-42(45)49-39-41(40-51-53(47,48)50-38-37-44(3)4)52-43(46)36-34-32-30-28-26-24-22-20-18-16-14-12-10-8-6-2/h41H,5-40H2,1-4H3,(H,47,48). The molecule has 53 heavy (non-hydrogen) atoms. The molecule has 1 N–H and O–H groups in total. The van der Waals surface area contributed by atoms with Crippen molar-refractivity contribution >= 4 is 19.8 Å². The van der Waals surface area contributed by atoms with Crippen molar-refractivity contribution < 1.29 is 37.6 Å².